The molecule has 39 heavy (non-hydrogen) atoms. The zero-order valence-electron chi connectivity index (χ0n) is 20.0. The predicted octanol–water partition coefficient (Wildman–Crippen LogP) is 4.37. The van der Waals surface area contributed by atoms with Crippen molar-refractivity contribution in [1.82, 2.24) is 4.98 Å². The summed E-state index contributed by atoms with van der Waals surface area (Å²) in [5.74, 6) is 0. The highest BCUT2D eigenvalue weighted by molar-refractivity contribution is 7.86. The van der Waals surface area contributed by atoms with Crippen LogP contribution in [0.2, 0.25) is 0 Å². The fourth-order valence-electron chi connectivity index (χ4n) is 4.70. The second-order valence-corrected chi connectivity index (χ2v) is 11.5. The van der Waals surface area contributed by atoms with E-state index < -0.39 is 30.0 Å². The summed E-state index contributed by atoms with van der Waals surface area (Å²) in [5, 5.41) is 4.45. The molecule has 0 unspecified atom stereocenters. The first-order valence-corrected chi connectivity index (χ1v) is 14.5. The molecule has 5 aromatic carbocycles. The van der Waals surface area contributed by atoms with Gasteiger partial charge in [0.25, 0.3) is 0 Å². The molecule has 11 heteroatoms. The van der Waals surface area contributed by atoms with Crippen LogP contribution in [0.3, 0.4) is 0 Å². The van der Waals surface area contributed by atoms with Gasteiger partial charge in [-0.2, -0.15) is 0 Å². The van der Waals surface area contributed by atoms with Gasteiger partial charge in [-0.3, -0.25) is 0 Å². The van der Waals surface area contributed by atoms with E-state index in [1.807, 2.05) is 83.4 Å². The maximum absolute atomic E-state index is 12.1. The average Bonchev–Trinajstić information content (AvgIpc) is 2.91. The molecule has 0 saturated carbocycles. The largest absolute Gasteiger partial charge is 0.744 e. The molecule has 6 aromatic rings. The molecule has 0 aliphatic heterocycles. The third-order valence-corrected chi connectivity index (χ3v) is 8.09. The van der Waals surface area contributed by atoms with E-state index in [0.717, 1.165) is 34.2 Å². The van der Waals surface area contributed by atoms with Crippen LogP contribution in [-0.4, -0.2) is 30.9 Å². The maximum atomic E-state index is 12.1. The lowest BCUT2D eigenvalue weighted by atomic mass is 10.0. The second kappa shape index (κ2) is 9.10. The number of rotatable bonds is 5. The molecule has 6 rings (SSSR count). The number of fused-ring (bicyclic) bond motifs is 4. The molecule has 0 spiro atoms. The quantitative estimate of drug-likeness (QED) is 0.143. The van der Waals surface area contributed by atoms with E-state index in [2.05, 4.69) is 5.32 Å². The SMILES string of the molecule is O=S(=O)([O-])c1ccc(Nc2cc3c(nc4ccccc4[n+]3-c3ccccc3)c3ccccc23)c(S(=O)(=O)[O-])c1. The topological polar surface area (TPSA) is 143 Å². The minimum atomic E-state index is -5.15. The average molecular weight is 557 g/mol. The Hall–Kier alpha value is -4.42. The summed E-state index contributed by atoms with van der Waals surface area (Å²) in [4.78, 5) is 3.27. The smallest absolute Gasteiger partial charge is 0.240 e. The Morgan fingerprint density at radius 2 is 1.31 bits per heavy atom. The first-order chi connectivity index (χ1) is 18.6. The van der Waals surface area contributed by atoms with Crippen molar-refractivity contribution < 1.29 is 30.5 Å². The molecule has 1 aromatic heterocycles. The first kappa shape index (κ1) is 24.9. The van der Waals surface area contributed by atoms with E-state index in [4.69, 9.17) is 4.98 Å². The van der Waals surface area contributed by atoms with Crippen LogP contribution in [0.15, 0.2) is 113 Å². The molecule has 1 N–H and O–H groups in total. The lowest BCUT2D eigenvalue weighted by Crippen LogP contribution is -2.33. The Labute approximate surface area is 223 Å². The van der Waals surface area contributed by atoms with E-state index in [1.165, 1.54) is 0 Å². The number of anilines is 2. The lowest BCUT2D eigenvalue weighted by molar-refractivity contribution is -0.538. The number of hydrogen-bond acceptors (Lipinski definition) is 8. The molecule has 0 fully saturated rings. The highest BCUT2D eigenvalue weighted by Gasteiger charge is 2.23. The molecular formula is C28H18N3O6S2-. The van der Waals surface area contributed by atoms with Crippen LogP contribution in [0.4, 0.5) is 11.4 Å². The lowest BCUT2D eigenvalue weighted by Gasteiger charge is -2.18. The summed E-state index contributed by atoms with van der Waals surface area (Å²) in [6, 6.07) is 29.2. The Balaban J connectivity index is 1.69. The molecular weight excluding hydrogens is 538 g/mol. The number of aromatic nitrogens is 2. The molecule has 0 saturated heterocycles. The Morgan fingerprint density at radius 3 is 2.03 bits per heavy atom. The molecule has 0 aliphatic rings. The van der Waals surface area contributed by atoms with Gasteiger partial charge in [-0.1, -0.05) is 54.6 Å². The zero-order valence-corrected chi connectivity index (χ0v) is 21.6. The molecule has 0 aliphatic carbocycles. The monoisotopic (exact) mass is 556 g/mol. The maximum Gasteiger partial charge on any atom is 0.240 e. The van der Waals surface area contributed by atoms with E-state index in [9.17, 15) is 25.9 Å². The highest BCUT2D eigenvalue weighted by atomic mass is 32.2. The molecule has 9 nitrogen and oxygen atoms in total. The van der Waals surface area contributed by atoms with Crippen molar-refractivity contribution in [3.8, 4) is 5.69 Å². The summed E-state index contributed by atoms with van der Waals surface area (Å²) in [7, 11) is -10.1. The van der Waals surface area contributed by atoms with Gasteiger partial charge in [-0.05, 0) is 24.3 Å². The van der Waals surface area contributed by atoms with Gasteiger partial charge in [0.15, 0.2) is 0 Å². The highest BCUT2D eigenvalue weighted by Crippen LogP contribution is 2.35. The predicted molar refractivity (Wildman–Crippen MR) is 144 cm³/mol. The summed E-state index contributed by atoms with van der Waals surface area (Å²) < 4.78 is 72.8. The van der Waals surface area contributed by atoms with Gasteiger partial charge < -0.3 is 14.4 Å². The second-order valence-electron chi connectivity index (χ2n) is 8.80. The molecule has 0 bridgehead atoms. The van der Waals surface area contributed by atoms with Gasteiger partial charge in [0.1, 0.15) is 31.3 Å². The van der Waals surface area contributed by atoms with Gasteiger partial charge in [-0.25, -0.2) is 21.8 Å². The van der Waals surface area contributed by atoms with Crippen molar-refractivity contribution in [1.29, 1.82) is 0 Å². The standard InChI is InChI=1S/C28H19N3O6S2/c32-38(33,34)19-14-15-23(27(16-19)39(35,36)37)29-24-17-26-28(21-11-5-4-10-20(21)24)30-22-12-6-7-13-25(22)31(26)18-8-2-1-3-9-18/h1-17H,(H2,32,33,34,35,36,37)/p-1. The van der Waals surface area contributed by atoms with Crippen molar-refractivity contribution >= 4 is 64.5 Å². The van der Waals surface area contributed by atoms with Gasteiger partial charge in [0.05, 0.1) is 21.2 Å². The fraction of sp³-hybridized carbons (Fsp3) is 0. The minimum absolute atomic E-state index is 0.165. The van der Waals surface area contributed by atoms with Crippen LogP contribution in [0, 0.1) is 0 Å². The molecule has 0 atom stereocenters. The van der Waals surface area contributed by atoms with Crippen LogP contribution in [0.1, 0.15) is 0 Å². The molecule has 0 radical (unpaired) electrons. The zero-order chi connectivity index (χ0) is 27.4. The van der Waals surface area contributed by atoms with Crippen LogP contribution >= 0.6 is 0 Å². The third-order valence-electron chi connectivity index (χ3n) is 6.39. The van der Waals surface area contributed by atoms with Crippen LogP contribution in [-0.2, 0) is 20.2 Å². The Bertz CT molecular complexity index is 2150. The number of hydrogen-bond donors (Lipinski definition) is 1. The van der Waals surface area contributed by atoms with Crippen molar-refractivity contribution in [2.45, 2.75) is 9.79 Å². The fourth-order valence-corrected chi connectivity index (χ4v) is 5.93. The van der Waals surface area contributed by atoms with E-state index in [-0.39, 0.29) is 5.69 Å². The molecule has 1 heterocycles. The van der Waals surface area contributed by atoms with Gasteiger partial charge >= 0.3 is 0 Å². The van der Waals surface area contributed by atoms with Crippen LogP contribution < -0.4 is 9.88 Å². The van der Waals surface area contributed by atoms with Crippen molar-refractivity contribution in [3.05, 3.63) is 103 Å². The van der Waals surface area contributed by atoms with Crippen LogP contribution in [0.25, 0.3) is 38.5 Å². The Morgan fingerprint density at radius 1 is 0.641 bits per heavy atom. The first-order valence-electron chi connectivity index (χ1n) is 11.7. The molecule has 194 valence electrons. The van der Waals surface area contributed by atoms with Crippen LogP contribution in [0.5, 0.6) is 0 Å². The third kappa shape index (κ3) is 4.47. The summed E-state index contributed by atoms with van der Waals surface area (Å²) in [6.07, 6.45) is 0. The van der Waals surface area contributed by atoms with E-state index in [1.54, 1.807) is 6.07 Å². The minimum Gasteiger partial charge on any atom is -0.744 e. The molecule has 0 amide bonds. The number of benzene rings is 5. The number of para-hydroxylation sites is 3. The van der Waals surface area contributed by atoms with Gasteiger partial charge in [-0.15, -0.1) is 4.57 Å². The summed E-state index contributed by atoms with van der Waals surface area (Å²) >= 11 is 0. The number of nitrogens with zero attached hydrogens (tertiary/aromatic N) is 2. The van der Waals surface area contributed by atoms with E-state index >= 15 is 0 Å². The van der Waals surface area contributed by atoms with Crippen molar-refractivity contribution in [2.75, 3.05) is 5.32 Å². The van der Waals surface area contributed by atoms with Crippen molar-refractivity contribution in [3.63, 3.8) is 0 Å². The van der Waals surface area contributed by atoms with Gasteiger partial charge in [0.2, 0.25) is 16.7 Å². The van der Waals surface area contributed by atoms with Crippen molar-refractivity contribution in [2.24, 2.45) is 0 Å². The van der Waals surface area contributed by atoms with Gasteiger partial charge in [0, 0.05) is 35.0 Å². The van der Waals surface area contributed by atoms with E-state index in [0.29, 0.717) is 28.2 Å². The summed E-state index contributed by atoms with van der Waals surface area (Å²) in [6.45, 7) is 0. The summed E-state index contributed by atoms with van der Waals surface area (Å²) in [5.41, 5.74) is 4.16. The number of nitrogens with one attached hydrogen (secondary N) is 1. The normalized spacial score (nSPS) is 12.3. The Kier molecular flexibility index (Phi) is 5.81.